The molecule has 0 spiro atoms. The van der Waals surface area contributed by atoms with Crippen LogP contribution in [0.25, 0.3) is 0 Å². The minimum absolute atomic E-state index is 0.260. The summed E-state index contributed by atoms with van der Waals surface area (Å²) in [5, 5.41) is 2.68. The molecule has 16 heavy (non-hydrogen) atoms. The van der Waals surface area contributed by atoms with Gasteiger partial charge in [0.1, 0.15) is 10.9 Å². The van der Waals surface area contributed by atoms with Gasteiger partial charge in [-0.2, -0.15) is 0 Å². The van der Waals surface area contributed by atoms with E-state index in [1.807, 2.05) is 0 Å². The van der Waals surface area contributed by atoms with Crippen molar-refractivity contribution in [3.8, 4) is 0 Å². The van der Waals surface area contributed by atoms with Crippen LogP contribution in [0, 0.1) is 0 Å². The van der Waals surface area contributed by atoms with E-state index in [0.29, 0.717) is 15.9 Å². The lowest BCUT2D eigenvalue weighted by Crippen LogP contribution is -2.12. The highest BCUT2D eigenvalue weighted by Gasteiger charge is 2.05. The number of amides is 1. The highest BCUT2D eigenvalue weighted by molar-refractivity contribution is 9.10. The Labute approximate surface area is 100 Å². The number of nitrogens with zero attached hydrogens (tertiary/aromatic N) is 3. The summed E-state index contributed by atoms with van der Waals surface area (Å²) < 4.78 is 0.716. The SMILES string of the molecule is O=C(Nc1ccc(Br)nc1)c1cncnc1. The van der Waals surface area contributed by atoms with Crippen molar-refractivity contribution >= 4 is 27.5 Å². The molecule has 1 N–H and O–H groups in total. The first kappa shape index (κ1) is 10.7. The summed E-state index contributed by atoms with van der Waals surface area (Å²) in [5.74, 6) is -0.260. The number of nitrogens with one attached hydrogen (secondary N) is 1. The van der Waals surface area contributed by atoms with Crippen LogP contribution in [0.1, 0.15) is 10.4 Å². The van der Waals surface area contributed by atoms with Gasteiger partial charge in [-0.15, -0.1) is 0 Å². The Morgan fingerprint density at radius 2 is 1.94 bits per heavy atom. The molecule has 80 valence electrons. The molecule has 1 amide bonds. The van der Waals surface area contributed by atoms with Gasteiger partial charge in [-0.3, -0.25) is 4.79 Å². The molecule has 0 bridgehead atoms. The fraction of sp³-hybridized carbons (Fsp3) is 0. The number of hydrogen-bond acceptors (Lipinski definition) is 4. The second-order valence-corrected chi connectivity index (χ2v) is 3.76. The average Bonchev–Trinajstić information content (AvgIpc) is 2.33. The maximum absolute atomic E-state index is 11.7. The highest BCUT2D eigenvalue weighted by atomic mass is 79.9. The van der Waals surface area contributed by atoms with Gasteiger partial charge in [0.25, 0.3) is 5.91 Å². The molecular weight excluding hydrogens is 272 g/mol. The first-order chi connectivity index (χ1) is 7.75. The zero-order valence-corrected chi connectivity index (χ0v) is 9.68. The molecule has 0 saturated carbocycles. The average molecular weight is 279 g/mol. The van der Waals surface area contributed by atoms with E-state index in [-0.39, 0.29) is 5.91 Å². The minimum atomic E-state index is -0.260. The van der Waals surface area contributed by atoms with Crippen molar-refractivity contribution in [3.05, 3.63) is 47.2 Å². The van der Waals surface area contributed by atoms with Crippen molar-refractivity contribution in [1.82, 2.24) is 15.0 Å². The van der Waals surface area contributed by atoms with Crippen molar-refractivity contribution in [3.63, 3.8) is 0 Å². The Balaban J connectivity index is 2.11. The fourth-order valence-corrected chi connectivity index (χ4v) is 1.30. The third-order valence-electron chi connectivity index (χ3n) is 1.81. The maximum atomic E-state index is 11.7. The topological polar surface area (TPSA) is 67.8 Å². The van der Waals surface area contributed by atoms with E-state index < -0.39 is 0 Å². The van der Waals surface area contributed by atoms with E-state index in [2.05, 4.69) is 36.2 Å². The Bertz CT molecular complexity index is 486. The largest absolute Gasteiger partial charge is 0.320 e. The molecule has 0 saturated heterocycles. The van der Waals surface area contributed by atoms with Crippen molar-refractivity contribution in [2.24, 2.45) is 0 Å². The quantitative estimate of drug-likeness (QED) is 0.852. The third kappa shape index (κ3) is 2.60. The van der Waals surface area contributed by atoms with Crippen LogP contribution in [0.2, 0.25) is 0 Å². The monoisotopic (exact) mass is 278 g/mol. The van der Waals surface area contributed by atoms with Crippen LogP contribution in [0.3, 0.4) is 0 Å². The summed E-state index contributed by atoms with van der Waals surface area (Å²) in [6.07, 6.45) is 5.84. The van der Waals surface area contributed by atoms with Gasteiger partial charge < -0.3 is 5.32 Å². The summed E-state index contributed by atoms with van der Waals surface area (Å²) in [6, 6.07) is 3.50. The van der Waals surface area contributed by atoms with Crippen LogP contribution >= 0.6 is 15.9 Å². The van der Waals surface area contributed by atoms with Gasteiger partial charge in [0.05, 0.1) is 17.4 Å². The molecule has 0 aliphatic rings. The number of hydrogen-bond donors (Lipinski definition) is 1. The number of carbonyl (C=O) groups excluding carboxylic acids is 1. The summed E-state index contributed by atoms with van der Waals surface area (Å²) in [6.45, 7) is 0. The van der Waals surface area contributed by atoms with Crippen molar-refractivity contribution in [1.29, 1.82) is 0 Å². The van der Waals surface area contributed by atoms with Gasteiger partial charge in [-0.05, 0) is 28.1 Å². The molecule has 6 heteroatoms. The molecule has 2 aromatic heterocycles. The van der Waals surface area contributed by atoms with Gasteiger partial charge in [0.2, 0.25) is 0 Å². The molecule has 0 radical (unpaired) electrons. The molecule has 0 fully saturated rings. The first-order valence-electron chi connectivity index (χ1n) is 4.43. The van der Waals surface area contributed by atoms with Gasteiger partial charge in [0.15, 0.2) is 0 Å². The Hall–Kier alpha value is -1.82. The summed E-state index contributed by atoms with van der Waals surface area (Å²) in [4.78, 5) is 23.2. The van der Waals surface area contributed by atoms with Crippen LogP contribution in [-0.2, 0) is 0 Å². The lowest BCUT2D eigenvalue weighted by Gasteiger charge is -2.03. The zero-order valence-electron chi connectivity index (χ0n) is 8.09. The molecule has 0 atom stereocenters. The molecule has 2 rings (SSSR count). The van der Waals surface area contributed by atoms with Crippen LogP contribution < -0.4 is 5.32 Å². The van der Waals surface area contributed by atoms with E-state index >= 15 is 0 Å². The standard InChI is InChI=1S/C10H7BrN4O/c11-9-2-1-8(5-14-9)15-10(16)7-3-12-6-13-4-7/h1-6H,(H,15,16). The number of carbonyl (C=O) groups is 1. The van der Waals surface area contributed by atoms with Gasteiger partial charge in [-0.1, -0.05) is 0 Å². The van der Waals surface area contributed by atoms with Crippen molar-refractivity contribution in [2.75, 3.05) is 5.32 Å². The van der Waals surface area contributed by atoms with Gasteiger partial charge in [0, 0.05) is 12.4 Å². The lowest BCUT2D eigenvalue weighted by atomic mass is 10.3. The van der Waals surface area contributed by atoms with E-state index in [1.54, 1.807) is 18.3 Å². The molecule has 0 aromatic carbocycles. The highest BCUT2D eigenvalue weighted by Crippen LogP contribution is 2.11. The maximum Gasteiger partial charge on any atom is 0.258 e. The normalized spacial score (nSPS) is 9.81. The fourth-order valence-electron chi connectivity index (χ4n) is 1.07. The predicted molar refractivity (Wildman–Crippen MR) is 61.9 cm³/mol. The molecule has 2 heterocycles. The molecule has 2 aromatic rings. The second-order valence-electron chi connectivity index (χ2n) is 2.95. The van der Waals surface area contributed by atoms with E-state index in [0.717, 1.165) is 0 Å². The Morgan fingerprint density at radius 1 is 1.19 bits per heavy atom. The predicted octanol–water partition coefficient (Wildman–Crippen LogP) is 1.89. The lowest BCUT2D eigenvalue weighted by molar-refractivity contribution is 0.102. The van der Waals surface area contributed by atoms with Crippen molar-refractivity contribution < 1.29 is 4.79 Å². The van der Waals surface area contributed by atoms with Crippen molar-refractivity contribution in [2.45, 2.75) is 0 Å². The smallest absolute Gasteiger partial charge is 0.258 e. The molecule has 0 aliphatic carbocycles. The van der Waals surface area contributed by atoms with Crippen LogP contribution in [0.5, 0.6) is 0 Å². The molecular formula is C10H7BrN4O. The Kier molecular flexibility index (Phi) is 3.21. The number of anilines is 1. The molecule has 0 aliphatic heterocycles. The van der Waals surface area contributed by atoms with Crippen LogP contribution in [0.15, 0.2) is 41.7 Å². The summed E-state index contributed by atoms with van der Waals surface area (Å²) in [5.41, 5.74) is 1.03. The second kappa shape index (κ2) is 4.80. The number of halogens is 1. The van der Waals surface area contributed by atoms with Crippen LogP contribution in [-0.4, -0.2) is 20.9 Å². The van der Waals surface area contributed by atoms with E-state index in [1.165, 1.54) is 18.7 Å². The summed E-state index contributed by atoms with van der Waals surface area (Å²) in [7, 11) is 0. The summed E-state index contributed by atoms with van der Waals surface area (Å²) >= 11 is 3.21. The molecule has 0 unspecified atom stereocenters. The Morgan fingerprint density at radius 3 is 2.56 bits per heavy atom. The molecule has 5 nitrogen and oxygen atoms in total. The number of aromatic nitrogens is 3. The minimum Gasteiger partial charge on any atom is -0.320 e. The van der Waals surface area contributed by atoms with E-state index in [4.69, 9.17) is 0 Å². The van der Waals surface area contributed by atoms with Crippen LogP contribution in [0.4, 0.5) is 5.69 Å². The van der Waals surface area contributed by atoms with E-state index in [9.17, 15) is 4.79 Å². The number of pyridine rings is 1. The third-order valence-corrected chi connectivity index (χ3v) is 2.28. The van der Waals surface area contributed by atoms with Gasteiger partial charge in [-0.25, -0.2) is 15.0 Å². The number of rotatable bonds is 2. The zero-order chi connectivity index (χ0) is 11.4. The first-order valence-corrected chi connectivity index (χ1v) is 5.23. The van der Waals surface area contributed by atoms with Gasteiger partial charge >= 0.3 is 0 Å².